The van der Waals surface area contributed by atoms with Gasteiger partial charge < -0.3 is 10.2 Å². The van der Waals surface area contributed by atoms with Crippen LogP contribution in [0.1, 0.15) is 60.9 Å². The number of amides is 1. The number of carbonyl (C=O) groups excluding carboxylic acids is 2. The van der Waals surface area contributed by atoms with E-state index in [0.717, 1.165) is 25.5 Å². The molecule has 2 aromatic carbocycles. The average molecular weight is 568 g/mol. The van der Waals surface area contributed by atoms with Crippen LogP contribution in [0.5, 0.6) is 0 Å². The third-order valence-corrected chi connectivity index (χ3v) is 8.59. The summed E-state index contributed by atoms with van der Waals surface area (Å²) in [5.74, 6) is 0.909. The highest BCUT2D eigenvalue weighted by Crippen LogP contribution is 2.32. The summed E-state index contributed by atoms with van der Waals surface area (Å²) in [7, 11) is -3.53. The van der Waals surface area contributed by atoms with E-state index >= 15 is 0 Å². The van der Waals surface area contributed by atoms with E-state index in [1.165, 1.54) is 17.8 Å². The molecule has 0 radical (unpaired) electrons. The Balaban J connectivity index is 1.43. The molecule has 1 aromatic heterocycles. The summed E-state index contributed by atoms with van der Waals surface area (Å²) in [6.07, 6.45) is 6.08. The lowest BCUT2D eigenvalue weighted by atomic mass is 9.86. The molecule has 3 aromatic rings. The number of halogens is 1. The zero-order valence-corrected chi connectivity index (χ0v) is 23.8. The summed E-state index contributed by atoms with van der Waals surface area (Å²) >= 11 is 6.04. The number of pyridine rings is 1. The van der Waals surface area contributed by atoms with E-state index in [-0.39, 0.29) is 22.5 Å². The molecule has 1 saturated heterocycles. The molecule has 4 rings (SSSR count). The monoisotopic (exact) mass is 567 g/mol. The molecule has 0 saturated carbocycles. The third kappa shape index (κ3) is 7.67. The average Bonchev–Trinajstić information content (AvgIpc) is 2.92. The van der Waals surface area contributed by atoms with Crippen molar-refractivity contribution in [3.05, 3.63) is 83.0 Å². The van der Waals surface area contributed by atoms with Crippen molar-refractivity contribution in [2.75, 3.05) is 29.6 Å². The van der Waals surface area contributed by atoms with E-state index in [9.17, 15) is 18.0 Å². The maximum absolute atomic E-state index is 12.9. The highest BCUT2D eigenvalue weighted by Gasteiger charge is 2.26. The van der Waals surface area contributed by atoms with E-state index in [1.54, 1.807) is 24.3 Å². The number of hydrogen-bond acceptors (Lipinski definition) is 6. The van der Waals surface area contributed by atoms with Crippen molar-refractivity contribution in [2.24, 2.45) is 5.92 Å². The predicted molar refractivity (Wildman–Crippen MR) is 155 cm³/mol. The molecule has 2 heterocycles. The van der Waals surface area contributed by atoms with E-state index in [1.807, 2.05) is 23.1 Å². The fraction of sp³-hybridized carbons (Fsp3) is 0.367. The molecule has 0 spiro atoms. The van der Waals surface area contributed by atoms with Crippen LogP contribution < -0.4 is 10.2 Å². The van der Waals surface area contributed by atoms with Crippen molar-refractivity contribution in [2.45, 2.75) is 49.8 Å². The second-order valence-electron chi connectivity index (χ2n) is 10.2. The van der Waals surface area contributed by atoms with Crippen molar-refractivity contribution >= 4 is 44.6 Å². The number of carbonyl (C=O) groups is 2. The Morgan fingerprint density at radius 1 is 1.08 bits per heavy atom. The zero-order chi connectivity index (χ0) is 28.0. The van der Waals surface area contributed by atoms with E-state index in [2.05, 4.69) is 29.4 Å². The van der Waals surface area contributed by atoms with Gasteiger partial charge in [-0.1, -0.05) is 54.9 Å². The molecule has 1 atom stereocenters. The molecular weight excluding hydrogens is 534 g/mol. The van der Waals surface area contributed by atoms with Crippen LogP contribution >= 0.6 is 11.6 Å². The number of anilines is 2. The standard InChI is InChI=1S/C30H34ClN3O4S/c1-3-22(23-8-5-4-6-9-23)18-26(35)16-21-12-14-34(15-13-21)29-28(19-27(20-32-29)39(2,37)38)33-30(36)24-10-7-11-25(31)17-24/h4-11,17,19-22H,3,12-16,18H2,1-2H3,(H,33,36)/t22-/m0/s1. The fourth-order valence-corrected chi connectivity index (χ4v) is 5.83. The van der Waals surface area contributed by atoms with Gasteiger partial charge in [0.1, 0.15) is 5.78 Å². The topological polar surface area (TPSA) is 96.4 Å². The maximum atomic E-state index is 12.9. The largest absolute Gasteiger partial charge is 0.355 e. The molecule has 1 amide bonds. The van der Waals surface area contributed by atoms with Gasteiger partial charge in [-0.2, -0.15) is 0 Å². The second kappa shape index (κ2) is 12.7. The number of Topliss-reactive ketones (excluding diaryl/α,β-unsaturated/α-hetero) is 1. The van der Waals surface area contributed by atoms with Gasteiger partial charge >= 0.3 is 0 Å². The number of hydrogen-bond donors (Lipinski definition) is 1. The number of benzene rings is 2. The minimum Gasteiger partial charge on any atom is -0.355 e. The number of aromatic nitrogens is 1. The van der Waals surface area contributed by atoms with Gasteiger partial charge in [0.25, 0.3) is 5.91 Å². The van der Waals surface area contributed by atoms with E-state index in [0.29, 0.717) is 48.0 Å². The highest BCUT2D eigenvalue weighted by atomic mass is 35.5. The first-order valence-corrected chi connectivity index (χ1v) is 15.5. The first-order valence-electron chi connectivity index (χ1n) is 13.2. The SMILES string of the molecule is CC[C@@H](CC(=O)CC1CCN(c2ncc(S(C)(=O)=O)cc2NC(=O)c2cccc(Cl)c2)CC1)c1ccccc1. The molecule has 7 nitrogen and oxygen atoms in total. The molecule has 1 N–H and O–H groups in total. The minimum absolute atomic E-state index is 0.0250. The molecule has 0 aliphatic carbocycles. The summed E-state index contributed by atoms with van der Waals surface area (Å²) in [5.41, 5.74) is 1.89. The lowest BCUT2D eigenvalue weighted by Crippen LogP contribution is -2.35. The van der Waals surface area contributed by atoms with Crippen molar-refractivity contribution in [3.63, 3.8) is 0 Å². The Hall–Kier alpha value is -3.23. The minimum atomic E-state index is -3.53. The van der Waals surface area contributed by atoms with Crippen LogP contribution in [0, 0.1) is 5.92 Å². The van der Waals surface area contributed by atoms with Crippen LogP contribution in [-0.2, 0) is 14.6 Å². The van der Waals surface area contributed by atoms with Crippen LogP contribution in [-0.4, -0.2) is 44.4 Å². The predicted octanol–water partition coefficient (Wildman–Crippen LogP) is 6.15. The van der Waals surface area contributed by atoms with Gasteiger partial charge in [-0.15, -0.1) is 0 Å². The van der Waals surface area contributed by atoms with Crippen molar-refractivity contribution in [1.82, 2.24) is 4.98 Å². The van der Waals surface area contributed by atoms with Crippen molar-refractivity contribution in [1.29, 1.82) is 0 Å². The Bertz CT molecular complexity index is 1420. The normalized spacial score (nSPS) is 15.1. The molecule has 1 aliphatic rings. The Morgan fingerprint density at radius 3 is 2.44 bits per heavy atom. The van der Waals surface area contributed by atoms with Crippen LogP contribution in [0.25, 0.3) is 0 Å². The summed E-state index contributed by atoms with van der Waals surface area (Å²) in [6, 6.07) is 18.2. The van der Waals surface area contributed by atoms with Gasteiger partial charge in [0.2, 0.25) is 0 Å². The van der Waals surface area contributed by atoms with Gasteiger partial charge in [0.15, 0.2) is 15.7 Å². The Kier molecular flexibility index (Phi) is 9.40. The molecule has 9 heteroatoms. The fourth-order valence-electron chi connectivity index (χ4n) is 5.06. The molecule has 206 valence electrons. The van der Waals surface area contributed by atoms with Gasteiger partial charge in [-0.25, -0.2) is 13.4 Å². The van der Waals surface area contributed by atoms with Gasteiger partial charge in [-0.05, 0) is 60.9 Å². The maximum Gasteiger partial charge on any atom is 0.255 e. The number of rotatable bonds is 10. The summed E-state index contributed by atoms with van der Waals surface area (Å²) in [6.45, 7) is 3.42. The first kappa shape index (κ1) is 28.8. The molecule has 0 bridgehead atoms. The van der Waals surface area contributed by atoms with Crippen molar-refractivity contribution < 1.29 is 18.0 Å². The number of sulfone groups is 1. The Morgan fingerprint density at radius 2 is 1.79 bits per heavy atom. The molecular formula is C30H34ClN3O4S. The second-order valence-corrected chi connectivity index (χ2v) is 12.6. The smallest absolute Gasteiger partial charge is 0.255 e. The van der Waals surface area contributed by atoms with Crippen LogP contribution in [0.15, 0.2) is 71.8 Å². The van der Waals surface area contributed by atoms with Crippen LogP contribution in [0.3, 0.4) is 0 Å². The summed E-state index contributed by atoms with van der Waals surface area (Å²) in [5, 5.41) is 3.26. The first-order chi connectivity index (χ1) is 18.6. The highest BCUT2D eigenvalue weighted by molar-refractivity contribution is 7.90. The molecule has 0 unspecified atom stereocenters. The van der Waals surface area contributed by atoms with Crippen LogP contribution in [0.2, 0.25) is 5.02 Å². The zero-order valence-electron chi connectivity index (χ0n) is 22.3. The number of piperidine rings is 1. The lowest BCUT2D eigenvalue weighted by Gasteiger charge is -2.34. The lowest BCUT2D eigenvalue weighted by molar-refractivity contribution is -0.120. The molecule has 1 aliphatic heterocycles. The number of nitrogens with one attached hydrogen (secondary N) is 1. The number of ketones is 1. The molecule has 1 fully saturated rings. The summed E-state index contributed by atoms with van der Waals surface area (Å²) in [4.78, 5) is 32.4. The van der Waals surface area contributed by atoms with E-state index in [4.69, 9.17) is 11.6 Å². The van der Waals surface area contributed by atoms with Crippen LogP contribution in [0.4, 0.5) is 11.5 Å². The van der Waals surface area contributed by atoms with Gasteiger partial charge in [0.05, 0.1) is 10.6 Å². The van der Waals surface area contributed by atoms with Gasteiger partial charge in [0, 0.05) is 49.0 Å². The quantitative estimate of drug-likeness (QED) is 0.315. The van der Waals surface area contributed by atoms with Crippen molar-refractivity contribution in [3.8, 4) is 0 Å². The van der Waals surface area contributed by atoms with E-state index < -0.39 is 15.7 Å². The summed E-state index contributed by atoms with van der Waals surface area (Å²) < 4.78 is 24.4. The Labute approximate surface area is 235 Å². The number of nitrogens with zero attached hydrogens (tertiary/aromatic N) is 2. The third-order valence-electron chi connectivity index (χ3n) is 7.27. The molecule has 39 heavy (non-hydrogen) atoms. The van der Waals surface area contributed by atoms with Gasteiger partial charge in [-0.3, -0.25) is 9.59 Å².